The van der Waals surface area contributed by atoms with Crippen molar-refractivity contribution in [3.05, 3.63) is 69.6 Å². The third-order valence-corrected chi connectivity index (χ3v) is 6.55. The molecule has 3 rings (SSSR count). The second-order valence-corrected chi connectivity index (χ2v) is 8.65. The Bertz CT molecular complexity index is 1020. The van der Waals surface area contributed by atoms with Crippen LogP contribution in [0.1, 0.15) is 17.5 Å². The van der Waals surface area contributed by atoms with E-state index in [0.29, 0.717) is 47.0 Å². The van der Waals surface area contributed by atoms with Crippen molar-refractivity contribution in [1.82, 2.24) is 5.32 Å². The number of rotatable bonds is 6. The first-order valence-electron chi connectivity index (χ1n) is 8.73. The molecule has 8 heteroatoms. The van der Waals surface area contributed by atoms with Crippen molar-refractivity contribution >= 4 is 38.8 Å². The topological polar surface area (TPSA) is 75.7 Å². The van der Waals surface area contributed by atoms with Crippen LogP contribution in [0, 0.1) is 0 Å². The van der Waals surface area contributed by atoms with E-state index >= 15 is 0 Å². The third kappa shape index (κ3) is 3.78. The van der Waals surface area contributed by atoms with E-state index in [9.17, 15) is 13.2 Å². The summed E-state index contributed by atoms with van der Waals surface area (Å²) in [6.07, 6.45) is 0.578. The van der Waals surface area contributed by atoms with Crippen molar-refractivity contribution in [2.24, 2.45) is 0 Å². The number of sulfonamides is 1. The molecule has 6 nitrogen and oxygen atoms in total. The van der Waals surface area contributed by atoms with Crippen molar-refractivity contribution < 1.29 is 17.9 Å². The summed E-state index contributed by atoms with van der Waals surface area (Å²) >= 11 is 6.19. The zero-order chi connectivity index (χ0) is 20.3. The molecule has 2 aromatic carbocycles. The molecule has 1 N–H and O–H groups in total. The molecule has 1 aliphatic rings. The van der Waals surface area contributed by atoms with E-state index in [-0.39, 0.29) is 4.91 Å². The molecule has 2 aromatic rings. The molecule has 0 atom stereocenters. The van der Waals surface area contributed by atoms with Crippen LogP contribution in [0.5, 0.6) is 0 Å². The van der Waals surface area contributed by atoms with E-state index in [4.69, 9.17) is 16.3 Å². The van der Waals surface area contributed by atoms with Crippen molar-refractivity contribution in [3.8, 4) is 0 Å². The minimum Gasteiger partial charge on any atom is -0.385 e. The first-order chi connectivity index (χ1) is 13.4. The lowest BCUT2D eigenvalue weighted by Gasteiger charge is -2.31. The van der Waals surface area contributed by atoms with Crippen LogP contribution in [0.15, 0.2) is 53.4 Å². The smallest absolute Gasteiger partial charge is 0.270 e. The average molecular weight is 421 g/mol. The molecule has 0 spiro atoms. The Morgan fingerprint density at radius 3 is 2.57 bits per heavy atom. The number of carbonyl (C=O) groups excluding carboxylic acids is 1. The fourth-order valence-corrected chi connectivity index (χ4v) is 4.78. The van der Waals surface area contributed by atoms with Crippen LogP contribution in [0.3, 0.4) is 0 Å². The fourth-order valence-electron chi connectivity index (χ4n) is 3.12. The van der Waals surface area contributed by atoms with Gasteiger partial charge < -0.3 is 10.1 Å². The Kier molecular flexibility index (Phi) is 6.07. The summed E-state index contributed by atoms with van der Waals surface area (Å²) in [4.78, 5) is 12.7. The molecular formula is C20H21ClN2O4S. The first-order valence-corrected chi connectivity index (χ1v) is 10.6. The minimum absolute atomic E-state index is 0.284. The second kappa shape index (κ2) is 8.34. The van der Waals surface area contributed by atoms with E-state index in [1.54, 1.807) is 49.6 Å². The Morgan fingerprint density at radius 2 is 1.89 bits per heavy atom. The van der Waals surface area contributed by atoms with Gasteiger partial charge in [0.25, 0.3) is 15.9 Å². The molecule has 0 aromatic heterocycles. The molecule has 0 aliphatic carbocycles. The van der Waals surface area contributed by atoms with Gasteiger partial charge in [-0.2, -0.15) is 0 Å². The molecule has 0 bridgehead atoms. The van der Waals surface area contributed by atoms with Crippen LogP contribution in [-0.2, 0) is 19.6 Å². The van der Waals surface area contributed by atoms with Gasteiger partial charge in [0.1, 0.15) is 0 Å². The second-order valence-electron chi connectivity index (χ2n) is 6.31. The SMILES string of the molecule is COCCCNC(=O)C1=C(c2ccccc2)c2cc(Cl)ccc2N(C)S1(=O)=O. The number of ether oxygens (including phenoxy) is 1. The van der Waals surface area contributed by atoms with Gasteiger partial charge in [-0.3, -0.25) is 9.10 Å². The third-order valence-electron chi connectivity index (χ3n) is 4.49. The predicted octanol–water partition coefficient (Wildman–Crippen LogP) is 3.03. The lowest BCUT2D eigenvalue weighted by atomic mass is 9.95. The summed E-state index contributed by atoms with van der Waals surface area (Å²) < 4.78 is 32.5. The number of hydrogen-bond acceptors (Lipinski definition) is 4. The number of halogens is 1. The van der Waals surface area contributed by atoms with Gasteiger partial charge in [-0.05, 0) is 30.2 Å². The van der Waals surface area contributed by atoms with Crippen LogP contribution in [-0.4, -0.2) is 41.6 Å². The Labute approximate surface area is 169 Å². The van der Waals surface area contributed by atoms with Crippen LogP contribution in [0.4, 0.5) is 5.69 Å². The van der Waals surface area contributed by atoms with Crippen molar-refractivity contribution in [2.45, 2.75) is 6.42 Å². The number of hydrogen-bond donors (Lipinski definition) is 1. The first kappa shape index (κ1) is 20.4. The van der Waals surface area contributed by atoms with Gasteiger partial charge in [-0.25, -0.2) is 8.42 Å². The van der Waals surface area contributed by atoms with Crippen LogP contribution in [0.25, 0.3) is 5.57 Å². The van der Waals surface area contributed by atoms with Crippen molar-refractivity contribution in [3.63, 3.8) is 0 Å². The van der Waals surface area contributed by atoms with Gasteiger partial charge in [0.2, 0.25) is 0 Å². The number of benzene rings is 2. The van der Waals surface area contributed by atoms with E-state index in [1.807, 2.05) is 6.07 Å². The summed E-state index contributed by atoms with van der Waals surface area (Å²) in [7, 11) is -1.04. The molecule has 0 fully saturated rings. The van der Waals surface area contributed by atoms with Crippen LogP contribution >= 0.6 is 11.6 Å². The molecule has 1 amide bonds. The molecule has 0 unspecified atom stereocenters. The maximum absolute atomic E-state index is 13.2. The lowest BCUT2D eigenvalue weighted by Crippen LogP contribution is -2.39. The Morgan fingerprint density at radius 1 is 1.18 bits per heavy atom. The minimum atomic E-state index is -4.04. The van der Waals surface area contributed by atoms with E-state index in [0.717, 1.165) is 4.31 Å². The number of nitrogens with zero attached hydrogens (tertiary/aromatic N) is 1. The summed E-state index contributed by atoms with van der Waals surface area (Å²) in [5, 5.41) is 3.15. The maximum Gasteiger partial charge on any atom is 0.270 e. The highest BCUT2D eigenvalue weighted by molar-refractivity contribution is 7.97. The number of nitrogens with one attached hydrogen (secondary N) is 1. The number of anilines is 1. The van der Waals surface area contributed by atoms with Crippen LogP contribution < -0.4 is 9.62 Å². The predicted molar refractivity (Wildman–Crippen MR) is 111 cm³/mol. The Balaban J connectivity index is 2.22. The molecule has 0 radical (unpaired) electrons. The van der Waals surface area contributed by atoms with E-state index in [1.165, 1.54) is 7.05 Å². The zero-order valence-corrected chi connectivity index (χ0v) is 17.2. The van der Waals surface area contributed by atoms with E-state index in [2.05, 4.69) is 5.32 Å². The molecule has 1 heterocycles. The van der Waals surface area contributed by atoms with Crippen LogP contribution in [0.2, 0.25) is 5.02 Å². The summed E-state index contributed by atoms with van der Waals surface area (Å²) in [5.41, 5.74) is 2.04. The molecule has 0 saturated heterocycles. The normalized spacial score (nSPS) is 15.3. The highest BCUT2D eigenvalue weighted by Crippen LogP contribution is 2.43. The highest BCUT2D eigenvalue weighted by atomic mass is 35.5. The van der Waals surface area contributed by atoms with Gasteiger partial charge in [-0.1, -0.05) is 41.9 Å². The largest absolute Gasteiger partial charge is 0.385 e. The summed E-state index contributed by atoms with van der Waals surface area (Å²) in [6, 6.07) is 13.9. The average Bonchev–Trinajstić information content (AvgIpc) is 2.68. The Hall–Kier alpha value is -2.35. The molecule has 0 saturated carbocycles. The van der Waals surface area contributed by atoms with Crippen molar-refractivity contribution in [1.29, 1.82) is 0 Å². The molecular weight excluding hydrogens is 400 g/mol. The summed E-state index contributed by atoms with van der Waals surface area (Å²) in [6.45, 7) is 0.774. The highest BCUT2D eigenvalue weighted by Gasteiger charge is 2.39. The quantitative estimate of drug-likeness (QED) is 0.729. The van der Waals surface area contributed by atoms with Crippen molar-refractivity contribution in [2.75, 3.05) is 31.6 Å². The molecule has 28 heavy (non-hydrogen) atoms. The number of fused-ring (bicyclic) bond motifs is 1. The van der Waals surface area contributed by atoms with Gasteiger partial charge in [0.05, 0.1) is 5.69 Å². The summed E-state index contributed by atoms with van der Waals surface area (Å²) in [5.74, 6) is -0.646. The monoisotopic (exact) mass is 420 g/mol. The molecule has 148 valence electrons. The fraction of sp³-hybridized carbons (Fsp3) is 0.250. The standard InChI is InChI=1S/C20H21ClN2O4S/c1-23-17-10-9-15(21)13-16(17)18(14-7-4-3-5-8-14)19(28(23,25)26)20(24)22-11-6-12-27-2/h3-5,7-10,13H,6,11-12H2,1-2H3,(H,22,24). The van der Waals surface area contributed by atoms with E-state index < -0.39 is 15.9 Å². The van der Waals surface area contributed by atoms with Gasteiger partial charge in [-0.15, -0.1) is 0 Å². The zero-order valence-electron chi connectivity index (χ0n) is 15.6. The number of carbonyl (C=O) groups is 1. The number of methoxy groups -OCH3 is 1. The van der Waals surface area contributed by atoms with Gasteiger partial charge in [0.15, 0.2) is 4.91 Å². The molecule has 1 aliphatic heterocycles. The number of amides is 1. The van der Waals surface area contributed by atoms with Gasteiger partial charge in [0, 0.05) is 43.5 Å². The van der Waals surface area contributed by atoms with Gasteiger partial charge >= 0.3 is 0 Å². The maximum atomic E-state index is 13.2. The lowest BCUT2D eigenvalue weighted by molar-refractivity contribution is -0.116.